The molecule has 0 heterocycles. The van der Waals surface area contributed by atoms with Crippen molar-refractivity contribution in [3.63, 3.8) is 0 Å². The molecule has 1 saturated carbocycles. The molecule has 0 spiro atoms. The first kappa shape index (κ1) is 16.5. The van der Waals surface area contributed by atoms with Crippen LogP contribution in [0.4, 0.5) is 17.1 Å². The molecule has 1 aliphatic rings. The van der Waals surface area contributed by atoms with Crippen molar-refractivity contribution in [2.24, 2.45) is 0 Å². The summed E-state index contributed by atoms with van der Waals surface area (Å²) in [6.07, 6.45) is 2.30. The van der Waals surface area contributed by atoms with Gasteiger partial charge in [-0.3, -0.25) is 14.9 Å². The van der Waals surface area contributed by atoms with Crippen LogP contribution in [0.1, 0.15) is 28.8 Å². The molecule has 25 heavy (non-hydrogen) atoms. The number of nitriles is 1. The van der Waals surface area contributed by atoms with Crippen molar-refractivity contribution in [3.8, 4) is 6.07 Å². The van der Waals surface area contributed by atoms with E-state index in [-0.39, 0.29) is 17.3 Å². The fourth-order valence-corrected chi connectivity index (χ4v) is 2.39. The number of anilines is 2. The van der Waals surface area contributed by atoms with Gasteiger partial charge in [0, 0.05) is 23.4 Å². The lowest BCUT2D eigenvalue weighted by atomic mass is 10.1. The Morgan fingerprint density at radius 1 is 1.24 bits per heavy atom. The van der Waals surface area contributed by atoms with Gasteiger partial charge in [0.15, 0.2) is 0 Å². The highest BCUT2D eigenvalue weighted by molar-refractivity contribution is 6.05. The van der Waals surface area contributed by atoms with E-state index in [1.165, 1.54) is 6.07 Å². The van der Waals surface area contributed by atoms with Gasteiger partial charge in [-0.2, -0.15) is 5.26 Å². The maximum atomic E-state index is 12.3. The summed E-state index contributed by atoms with van der Waals surface area (Å²) >= 11 is 0. The fraction of sp³-hybridized carbons (Fsp3) is 0.222. The Morgan fingerprint density at radius 3 is 2.56 bits per heavy atom. The molecule has 2 N–H and O–H groups in total. The SMILES string of the molecule is N#CCc1ccc(NC(=O)c2ccc(NC3CC3)c([N+](=O)[O-])c2)cc1. The quantitative estimate of drug-likeness (QED) is 0.620. The molecular formula is C18H16N4O3. The van der Waals surface area contributed by atoms with E-state index in [9.17, 15) is 14.9 Å². The second-order valence-electron chi connectivity index (χ2n) is 5.89. The van der Waals surface area contributed by atoms with Gasteiger partial charge >= 0.3 is 0 Å². The normalized spacial score (nSPS) is 12.9. The summed E-state index contributed by atoms with van der Waals surface area (Å²) in [5.41, 5.74) is 1.96. The van der Waals surface area contributed by atoms with E-state index >= 15 is 0 Å². The Bertz CT molecular complexity index is 852. The summed E-state index contributed by atoms with van der Waals surface area (Å²) in [5.74, 6) is -0.422. The summed E-state index contributed by atoms with van der Waals surface area (Å²) in [5, 5.41) is 25.7. The number of nitro groups is 1. The van der Waals surface area contributed by atoms with Crippen LogP contribution in [0, 0.1) is 21.4 Å². The number of rotatable bonds is 6. The molecule has 7 heteroatoms. The van der Waals surface area contributed by atoms with Gasteiger partial charge in [0.2, 0.25) is 0 Å². The third-order valence-corrected chi connectivity index (χ3v) is 3.89. The molecule has 2 aromatic rings. The molecule has 0 aromatic heterocycles. The predicted octanol–water partition coefficient (Wildman–Crippen LogP) is 3.49. The second kappa shape index (κ2) is 7.01. The number of hydrogen-bond donors (Lipinski definition) is 2. The molecule has 0 bridgehead atoms. The Labute approximate surface area is 144 Å². The van der Waals surface area contributed by atoms with Gasteiger partial charge in [-0.05, 0) is 42.7 Å². The zero-order valence-electron chi connectivity index (χ0n) is 13.4. The van der Waals surface area contributed by atoms with Gasteiger partial charge in [-0.1, -0.05) is 12.1 Å². The first-order valence-electron chi connectivity index (χ1n) is 7.89. The van der Waals surface area contributed by atoms with Crippen molar-refractivity contribution < 1.29 is 9.72 Å². The zero-order chi connectivity index (χ0) is 17.8. The fourth-order valence-electron chi connectivity index (χ4n) is 2.39. The summed E-state index contributed by atoms with van der Waals surface area (Å²) < 4.78 is 0. The lowest BCUT2D eigenvalue weighted by Crippen LogP contribution is -2.13. The van der Waals surface area contributed by atoms with Crippen LogP contribution in [0.5, 0.6) is 0 Å². The van der Waals surface area contributed by atoms with Gasteiger partial charge in [-0.25, -0.2) is 0 Å². The van der Waals surface area contributed by atoms with Crippen LogP contribution in [0.2, 0.25) is 0 Å². The average molecular weight is 336 g/mol. The monoisotopic (exact) mass is 336 g/mol. The molecule has 0 saturated heterocycles. The highest BCUT2D eigenvalue weighted by Gasteiger charge is 2.25. The van der Waals surface area contributed by atoms with E-state index in [1.807, 2.05) is 0 Å². The molecule has 0 aliphatic heterocycles. The van der Waals surface area contributed by atoms with Crippen LogP contribution >= 0.6 is 0 Å². The minimum Gasteiger partial charge on any atom is -0.377 e. The van der Waals surface area contributed by atoms with Crippen LogP contribution in [-0.4, -0.2) is 16.9 Å². The lowest BCUT2D eigenvalue weighted by Gasteiger charge is -2.09. The maximum absolute atomic E-state index is 12.3. The van der Waals surface area contributed by atoms with Crippen molar-refractivity contribution in [2.75, 3.05) is 10.6 Å². The number of hydrogen-bond acceptors (Lipinski definition) is 5. The van der Waals surface area contributed by atoms with Crippen molar-refractivity contribution >= 4 is 23.0 Å². The predicted molar refractivity (Wildman–Crippen MR) is 93.5 cm³/mol. The van der Waals surface area contributed by atoms with Crippen molar-refractivity contribution in [3.05, 3.63) is 63.7 Å². The Balaban J connectivity index is 1.75. The third kappa shape index (κ3) is 4.12. The molecule has 7 nitrogen and oxygen atoms in total. The van der Waals surface area contributed by atoms with Gasteiger partial charge in [0.05, 0.1) is 17.4 Å². The smallest absolute Gasteiger partial charge is 0.293 e. The summed E-state index contributed by atoms with van der Waals surface area (Å²) in [6, 6.07) is 13.7. The van der Waals surface area contributed by atoms with Crippen LogP contribution < -0.4 is 10.6 Å². The highest BCUT2D eigenvalue weighted by Crippen LogP contribution is 2.31. The van der Waals surface area contributed by atoms with Crippen molar-refractivity contribution in [1.29, 1.82) is 5.26 Å². The molecule has 3 rings (SSSR count). The first-order valence-corrected chi connectivity index (χ1v) is 7.89. The Morgan fingerprint density at radius 2 is 1.96 bits per heavy atom. The maximum Gasteiger partial charge on any atom is 0.293 e. The molecule has 1 aliphatic carbocycles. The minimum atomic E-state index is -0.488. The minimum absolute atomic E-state index is 0.107. The molecule has 0 atom stereocenters. The van der Waals surface area contributed by atoms with E-state index in [2.05, 4.69) is 16.7 Å². The number of carbonyl (C=O) groups is 1. The first-order chi connectivity index (χ1) is 12.1. The number of amides is 1. The van der Waals surface area contributed by atoms with Gasteiger partial charge < -0.3 is 10.6 Å². The van der Waals surface area contributed by atoms with Crippen LogP contribution in [0.25, 0.3) is 0 Å². The van der Waals surface area contributed by atoms with E-state index in [0.717, 1.165) is 18.4 Å². The van der Waals surface area contributed by atoms with E-state index in [0.29, 0.717) is 17.8 Å². The van der Waals surface area contributed by atoms with Crippen LogP contribution in [-0.2, 0) is 6.42 Å². The van der Waals surface area contributed by atoms with E-state index in [4.69, 9.17) is 5.26 Å². The molecule has 126 valence electrons. The number of nitro benzene ring substituents is 1. The number of carbonyl (C=O) groups excluding carboxylic acids is 1. The zero-order valence-corrected chi connectivity index (χ0v) is 13.4. The van der Waals surface area contributed by atoms with E-state index < -0.39 is 10.8 Å². The summed E-state index contributed by atoms with van der Waals surface area (Å²) in [4.78, 5) is 23.1. The summed E-state index contributed by atoms with van der Waals surface area (Å²) in [6.45, 7) is 0. The largest absolute Gasteiger partial charge is 0.377 e. The molecule has 1 fully saturated rings. The number of nitrogens with one attached hydrogen (secondary N) is 2. The van der Waals surface area contributed by atoms with Crippen molar-refractivity contribution in [2.45, 2.75) is 25.3 Å². The highest BCUT2D eigenvalue weighted by atomic mass is 16.6. The van der Waals surface area contributed by atoms with Crippen LogP contribution in [0.15, 0.2) is 42.5 Å². The molecule has 1 amide bonds. The molecule has 0 radical (unpaired) electrons. The molecular weight excluding hydrogens is 320 g/mol. The summed E-state index contributed by atoms with van der Waals surface area (Å²) in [7, 11) is 0. The standard InChI is InChI=1S/C18H16N4O3/c19-10-9-12-1-4-15(5-2-12)21-18(23)13-3-8-16(20-14-6-7-14)17(11-13)22(24)25/h1-5,8,11,14,20H,6-7,9H2,(H,21,23). The lowest BCUT2D eigenvalue weighted by molar-refractivity contribution is -0.384. The van der Waals surface area contributed by atoms with Crippen molar-refractivity contribution in [1.82, 2.24) is 0 Å². The average Bonchev–Trinajstić information content (AvgIpc) is 3.41. The molecule has 2 aromatic carbocycles. The number of benzene rings is 2. The van der Waals surface area contributed by atoms with Crippen LogP contribution in [0.3, 0.4) is 0 Å². The van der Waals surface area contributed by atoms with Gasteiger partial charge in [-0.15, -0.1) is 0 Å². The Hall–Kier alpha value is -3.40. The molecule has 0 unspecified atom stereocenters. The third-order valence-electron chi connectivity index (χ3n) is 3.89. The van der Waals surface area contributed by atoms with Gasteiger partial charge in [0.1, 0.15) is 5.69 Å². The van der Waals surface area contributed by atoms with E-state index in [1.54, 1.807) is 36.4 Å². The second-order valence-corrected chi connectivity index (χ2v) is 5.89. The topological polar surface area (TPSA) is 108 Å². The number of nitrogens with zero attached hydrogens (tertiary/aromatic N) is 2. The van der Waals surface area contributed by atoms with Gasteiger partial charge in [0.25, 0.3) is 11.6 Å². The Kier molecular flexibility index (Phi) is 4.61.